The highest BCUT2D eigenvalue weighted by Gasteiger charge is 2.14. The van der Waals surface area contributed by atoms with E-state index in [1.54, 1.807) is 5.38 Å². The molecule has 0 saturated carbocycles. The molecule has 0 unspecified atom stereocenters. The van der Waals surface area contributed by atoms with E-state index in [0.29, 0.717) is 5.69 Å². The number of thiazole rings is 1. The topological polar surface area (TPSA) is 91.9 Å². The quantitative estimate of drug-likeness (QED) is 0.823. The van der Waals surface area contributed by atoms with Gasteiger partial charge in [-0.15, -0.1) is 0 Å². The number of nitrogens with one attached hydrogen (secondary N) is 2. The molecule has 9 heteroatoms. The summed E-state index contributed by atoms with van der Waals surface area (Å²) in [5.41, 5.74) is 0.510. The lowest BCUT2D eigenvalue weighted by Gasteiger charge is -2.04. The maximum Gasteiger partial charge on any atom is 0.304 e. The molecule has 0 fully saturated rings. The molecule has 0 atom stereocenters. The number of H-pyrrole nitrogens is 1. The Bertz CT molecular complexity index is 690. The standard InChI is InChI=1S/C9H8ClN3O3S2/c10-8-2-1-7(4-11-8)18(15,16)12-3-6-5-17-9(14)13-6/h1-2,4-5,12H,3H2,(H,13,14). The highest BCUT2D eigenvalue weighted by Crippen LogP contribution is 2.11. The van der Waals surface area contributed by atoms with E-state index >= 15 is 0 Å². The summed E-state index contributed by atoms with van der Waals surface area (Å²) in [6, 6.07) is 2.75. The van der Waals surface area contributed by atoms with Gasteiger partial charge in [0.05, 0.1) is 6.54 Å². The zero-order chi connectivity index (χ0) is 13.2. The summed E-state index contributed by atoms with van der Waals surface area (Å²) in [5.74, 6) is 0. The average Bonchev–Trinajstić information content (AvgIpc) is 2.73. The van der Waals surface area contributed by atoms with Crippen LogP contribution in [0.1, 0.15) is 5.69 Å². The molecule has 0 aromatic carbocycles. The number of hydrogen-bond donors (Lipinski definition) is 2. The predicted octanol–water partition coefficient (Wildman–Crippen LogP) is 0.963. The van der Waals surface area contributed by atoms with E-state index in [1.807, 2.05) is 0 Å². The van der Waals surface area contributed by atoms with Crippen molar-refractivity contribution in [1.82, 2.24) is 14.7 Å². The molecule has 18 heavy (non-hydrogen) atoms. The van der Waals surface area contributed by atoms with E-state index in [1.165, 1.54) is 18.3 Å². The summed E-state index contributed by atoms with van der Waals surface area (Å²) >= 11 is 6.55. The fraction of sp³-hybridized carbons (Fsp3) is 0.111. The smallest absolute Gasteiger partial charge is 0.304 e. The van der Waals surface area contributed by atoms with Gasteiger partial charge in [-0.1, -0.05) is 22.9 Å². The Morgan fingerprint density at radius 2 is 2.22 bits per heavy atom. The van der Waals surface area contributed by atoms with Gasteiger partial charge in [-0.25, -0.2) is 18.1 Å². The third-order valence-corrected chi connectivity index (χ3v) is 4.36. The van der Waals surface area contributed by atoms with Gasteiger partial charge in [0.25, 0.3) is 0 Å². The number of aromatic amines is 1. The molecule has 2 rings (SSSR count). The van der Waals surface area contributed by atoms with E-state index in [0.717, 1.165) is 11.3 Å². The minimum atomic E-state index is -3.65. The van der Waals surface area contributed by atoms with Gasteiger partial charge in [0.2, 0.25) is 10.0 Å². The van der Waals surface area contributed by atoms with E-state index in [9.17, 15) is 13.2 Å². The first-order valence-corrected chi connectivity index (χ1v) is 7.49. The summed E-state index contributed by atoms with van der Waals surface area (Å²) in [5, 5.41) is 1.78. The van der Waals surface area contributed by atoms with Crippen LogP contribution in [0.15, 0.2) is 33.4 Å². The Hall–Kier alpha value is -1.22. The summed E-state index contributed by atoms with van der Waals surface area (Å²) in [6.07, 6.45) is 1.17. The van der Waals surface area contributed by atoms with Gasteiger partial charge in [0.1, 0.15) is 10.0 Å². The van der Waals surface area contributed by atoms with Gasteiger partial charge >= 0.3 is 4.87 Å². The van der Waals surface area contributed by atoms with Crippen LogP contribution in [0.4, 0.5) is 0 Å². The molecule has 0 spiro atoms. The van der Waals surface area contributed by atoms with Crippen LogP contribution in [0.3, 0.4) is 0 Å². The van der Waals surface area contributed by atoms with Crippen LogP contribution in [0, 0.1) is 0 Å². The number of pyridine rings is 1. The van der Waals surface area contributed by atoms with Gasteiger partial charge in [0.15, 0.2) is 0 Å². The van der Waals surface area contributed by atoms with Crippen molar-refractivity contribution in [3.05, 3.63) is 44.2 Å². The fourth-order valence-electron chi connectivity index (χ4n) is 1.18. The maximum absolute atomic E-state index is 11.8. The Kier molecular flexibility index (Phi) is 3.81. The van der Waals surface area contributed by atoms with Crippen LogP contribution >= 0.6 is 22.9 Å². The summed E-state index contributed by atoms with van der Waals surface area (Å²) in [7, 11) is -3.65. The second-order valence-corrected chi connectivity index (χ2v) is 6.31. The number of aromatic nitrogens is 2. The van der Waals surface area contributed by atoms with Crippen molar-refractivity contribution in [2.45, 2.75) is 11.4 Å². The summed E-state index contributed by atoms with van der Waals surface area (Å²) in [6.45, 7) is 0.0176. The fourth-order valence-corrected chi connectivity index (χ4v) is 2.82. The third-order valence-electron chi connectivity index (χ3n) is 2.03. The maximum atomic E-state index is 11.8. The SMILES string of the molecule is O=c1[nH]c(CNS(=O)(=O)c2ccc(Cl)nc2)cs1. The highest BCUT2D eigenvalue weighted by atomic mass is 35.5. The number of hydrogen-bond acceptors (Lipinski definition) is 5. The van der Waals surface area contributed by atoms with Crippen molar-refractivity contribution < 1.29 is 8.42 Å². The predicted molar refractivity (Wildman–Crippen MR) is 68.2 cm³/mol. The Morgan fingerprint density at radius 3 is 2.78 bits per heavy atom. The Balaban J connectivity index is 2.12. The lowest BCUT2D eigenvalue weighted by Crippen LogP contribution is -2.23. The molecule has 0 aliphatic rings. The number of sulfonamides is 1. The molecule has 2 aromatic rings. The average molecular weight is 306 g/mol. The lowest BCUT2D eigenvalue weighted by molar-refractivity contribution is 0.580. The number of nitrogens with zero attached hydrogens (tertiary/aromatic N) is 1. The second kappa shape index (κ2) is 5.19. The summed E-state index contributed by atoms with van der Waals surface area (Å²) < 4.78 is 26.0. The lowest BCUT2D eigenvalue weighted by atomic mass is 10.5. The molecule has 2 N–H and O–H groups in total. The van der Waals surface area contributed by atoms with Crippen molar-refractivity contribution in [2.24, 2.45) is 0 Å². The zero-order valence-corrected chi connectivity index (χ0v) is 11.3. The van der Waals surface area contributed by atoms with Crippen LogP contribution in [0.2, 0.25) is 5.15 Å². The minimum absolute atomic E-state index is 0.0176. The number of halogens is 1. The van der Waals surface area contributed by atoms with E-state index in [-0.39, 0.29) is 21.5 Å². The zero-order valence-electron chi connectivity index (χ0n) is 8.88. The van der Waals surface area contributed by atoms with E-state index in [2.05, 4.69) is 14.7 Å². The first-order valence-electron chi connectivity index (χ1n) is 4.75. The van der Waals surface area contributed by atoms with Crippen LogP contribution < -0.4 is 9.60 Å². The van der Waals surface area contributed by atoms with Crippen LogP contribution in [0.25, 0.3) is 0 Å². The summed E-state index contributed by atoms with van der Waals surface area (Å²) in [4.78, 5) is 16.9. The van der Waals surface area contributed by atoms with Gasteiger partial charge in [-0.3, -0.25) is 4.79 Å². The first-order chi connectivity index (χ1) is 8.47. The van der Waals surface area contributed by atoms with Crippen LogP contribution in [-0.2, 0) is 16.6 Å². The molecular formula is C9H8ClN3O3S2. The molecule has 0 amide bonds. The monoisotopic (exact) mass is 305 g/mol. The molecule has 0 aliphatic heterocycles. The van der Waals surface area contributed by atoms with Crippen molar-refractivity contribution in [2.75, 3.05) is 0 Å². The molecule has 0 bridgehead atoms. The number of rotatable bonds is 4. The van der Waals surface area contributed by atoms with Gasteiger partial charge in [-0.05, 0) is 12.1 Å². The van der Waals surface area contributed by atoms with Crippen molar-refractivity contribution >= 4 is 33.0 Å². The van der Waals surface area contributed by atoms with Crippen LogP contribution in [0.5, 0.6) is 0 Å². The Morgan fingerprint density at radius 1 is 1.44 bits per heavy atom. The first kappa shape index (κ1) is 13.2. The van der Waals surface area contributed by atoms with Crippen molar-refractivity contribution in [3.63, 3.8) is 0 Å². The molecular weight excluding hydrogens is 298 g/mol. The van der Waals surface area contributed by atoms with Gasteiger partial charge < -0.3 is 4.98 Å². The van der Waals surface area contributed by atoms with Gasteiger partial charge in [-0.2, -0.15) is 0 Å². The molecule has 0 aliphatic carbocycles. The molecule has 96 valence electrons. The molecule has 0 radical (unpaired) electrons. The molecule has 0 saturated heterocycles. The molecule has 2 heterocycles. The molecule has 2 aromatic heterocycles. The third kappa shape index (κ3) is 3.16. The second-order valence-electron chi connectivity index (χ2n) is 3.31. The van der Waals surface area contributed by atoms with Gasteiger partial charge in [0, 0.05) is 17.3 Å². The highest BCUT2D eigenvalue weighted by molar-refractivity contribution is 7.89. The van der Waals surface area contributed by atoms with E-state index < -0.39 is 10.0 Å². The Labute approximate surface area is 112 Å². The normalized spacial score (nSPS) is 11.6. The largest absolute Gasteiger partial charge is 0.315 e. The van der Waals surface area contributed by atoms with Crippen LogP contribution in [-0.4, -0.2) is 18.4 Å². The van der Waals surface area contributed by atoms with Crippen molar-refractivity contribution in [1.29, 1.82) is 0 Å². The molecule has 6 nitrogen and oxygen atoms in total. The van der Waals surface area contributed by atoms with E-state index in [4.69, 9.17) is 11.6 Å². The van der Waals surface area contributed by atoms with Crippen molar-refractivity contribution in [3.8, 4) is 0 Å². The minimum Gasteiger partial charge on any atom is -0.315 e.